The number of aldehydes is 1. The predicted octanol–water partition coefficient (Wildman–Crippen LogP) is 2.77. The lowest BCUT2D eigenvalue weighted by Crippen LogP contribution is -2.66. The topological polar surface area (TPSA) is 206 Å². The van der Waals surface area contributed by atoms with E-state index >= 15 is 0 Å². The maximum atomic E-state index is 13.3. The molecule has 0 aromatic carbocycles. The maximum Gasteiger partial charge on any atom is 0.309 e. The van der Waals surface area contributed by atoms with Gasteiger partial charge in [-0.3, -0.25) is 14.4 Å². The van der Waals surface area contributed by atoms with Crippen LogP contribution in [-0.4, -0.2) is 151 Å². The first-order valence-corrected chi connectivity index (χ1v) is 20.1. The van der Waals surface area contributed by atoms with Crippen molar-refractivity contribution in [2.45, 2.75) is 179 Å². The highest BCUT2D eigenvalue weighted by atomic mass is 16.7. The molecule has 0 radical (unpaired) electrons. The number of hydrogen-bond donors (Lipinski definition) is 3. The van der Waals surface area contributed by atoms with Gasteiger partial charge in [0, 0.05) is 39.2 Å². The molecule has 3 rings (SSSR count). The van der Waals surface area contributed by atoms with Crippen LogP contribution in [0.2, 0.25) is 0 Å². The molecule has 0 bridgehead atoms. The number of hydrogen-bond acceptors (Lipinski definition) is 16. The number of nitrogens with zero attached hydrogens (tertiary/aromatic N) is 1. The first-order chi connectivity index (χ1) is 26.8. The zero-order chi connectivity index (χ0) is 42.6. The average Bonchev–Trinajstić information content (AvgIpc) is 3.12. The van der Waals surface area contributed by atoms with Crippen LogP contribution in [0.15, 0.2) is 24.3 Å². The van der Waals surface area contributed by atoms with Gasteiger partial charge in [-0.25, -0.2) is 0 Å². The largest absolute Gasteiger partial charge is 0.462 e. The van der Waals surface area contributed by atoms with E-state index in [9.17, 15) is 34.5 Å². The van der Waals surface area contributed by atoms with Crippen molar-refractivity contribution >= 4 is 24.2 Å². The Morgan fingerprint density at radius 1 is 0.930 bits per heavy atom. The fourth-order valence-corrected chi connectivity index (χ4v) is 7.91. The molecule has 2 saturated heterocycles. The zero-order valence-corrected chi connectivity index (χ0v) is 35.2. The minimum Gasteiger partial charge on any atom is -0.462 e. The van der Waals surface area contributed by atoms with Crippen molar-refractivity contribution in [2.75, 3.05) is 21.2 Å². The maximum absolute atomic E-state index is 13.3. The fourth-order valence-electron chi connectivity index (χ4n) is 7.91. The summed E-state index contributed by atoms with van der Waals surface area (Å²) < 4.78 is 48.5. The molecule has 3 N–H and O–H groups in total. The van der Waals surface area contributed by atoms with Crippen molar-refractivity contribution in [3.05, 3.63) is 24.3 Å². The Kier molecular flexibility index (Phi) is 19.2. The Hall–Kier alpha value is -2.80. The zero-order valence-electron chi connectivity index (χ0n) is 35.2. The van der Waals surface area contributed by atoms with Gasteiger partial charge in [0.2, 0.25) is 0 Å². The quantitative estimate of drug-likeness (QED) is 0.147. The average molecular weight is 814 g/mol. The molecule has 3 heterocycles. The van der Waals surface area contributed by atoms with Crippen LogP contribution in [0.5, 0.6) is 0 Å². The molecule has 16 atom stereocenters. The Balaban J connectivity index is 2.01. The summed E-state index contributed by atoms with van der Waals surface area (Å²) in [6, 6.07) is -0.760. The van der Waals surface area contributed by atoms with Gasteiger partial charge < -0.3 is 62.9 Å². The number of rotatable bonds is 12. The number of esters is 3. The lowest BCUT2D eigenvalue weighted by molar-refractivity contribution is -0.344. The number of allylic oxidation sites excluding steroid dienone is 3. The number of methoxy groups -OCH3 is 1. The van der Waals surface area contributed by atoms with Crippen LogP contribution in [-0.2, 0) is 57.1 Å². The SMILES string of the molecule is CCC(=O)OC1C(C)OC(OC2C(C)OC(O[C@H]3[C@@H](CC=O)C[C@@H](C)/C=C\C=C\C(O)C[C@@H](C)OC(=O)C[C@@H](OC(=O)CC)[C@@H]3OC)C(O)C2N(C)C)CC1(C)O. The number of aliphatic hydroxyl groups excluding tert-OH is 2. The first-order valence-electron chi connectivity index (χ1n) is 20.1. The second-order valence-corrected chi connectivity index (χ2v) is 16.0. The van der Waals surface area contributed by atoms with Gasteiger partial charge in [0.15, 0.2) is 18.7 Å². The van der Waals surface area contributed by atoms with Gasteiger partial charge in [0.05, 0.1) is 36.9 Å². The van der Waals surface area contributed by atoms with E-state index in [2.05, 4.69) is 0 Å². The molecule has 3 aliphatic heterocycles. The number of likely N-dealkylation sites (N-methyl/N-ethyl adjacent to an activating group) is 1. The molecular formula is C41H67NO15. The van der Waals surface area contributed by atoms with Crippen molar-refractivity contribution in [2.24, 2.45) is 11.8 Å². The summed E-state index contributed by atoms with van der Waals surface area (Å²) in [4.78, 5) is 52.3. The summed E-state index contributed by atoms with van der Waals surface area (Å²) in [6.45, 7) is 11.9. The molecule has 0 saturated carbocycles. The van der Waals surface area contributed by atoms with E-state index in [-0.39, 0.29) is 38.0 Å². The van der Waals surface area contributed by atoms with Gasteiger partial charge in [0.25, 0.3) is 0 Å². The number of carbonyl (C=O) groups is 4. The molecule has 326 valence electrons. The second-order valence-electron chi connectivity index (χ2n) is 16.0. The van der Waals surface area contributed by atoms with Crippen LogP contribution in [0.4, 0.5) is 0 Å². The third kappa shape index (κ3) is 13.9. The standard InChI is InChI=1S/C41H67NO15/c1-11-30(45)54-29-21-32(47)51-24(4)20-28(44)16-14-13-15-23(3)19-27(17-18-43)37(38(29)50-10)57-40-35(48)34(42(8)9)36(25(5)53-40)56-33-22-41(7,49)39(26(6)52-33)55-31(46)12-2/h13-16,18,23-29,33-40,44,48-49H,11-12,17,19-22H2,1-10H3/b15-13-,16-14+/t23-,24+,25?,26?,27-,28?,29+,33?,34?,35?,36?,37-,38-,39?,40?,41?/m0/s1. The van der Waals surface area contributed by atoms with Crippen molar-refractivity contribution in [3.8, 4) is 0 Å². The molecular weight excluding hydrogens is 746 g/mol. The normalized spacial score (nSPS) is 41.1. The molecule has 16 heteroatoms. The third-order valence-electron chi connectivity index (χ3n) is 10.7. The molecule has 16 nitrogen and oxygen atoms in total. The van der Waals surface area contributed by atoms with Gasteiger partial charge in [-0.05, 0) is 60.0 Å². The highest BCUT2D eigenvalue weighted by Crippen LogP contribution is 2.37. The van der Waals surface area contributed by atoms with Crippen LogP contribution in [0, 0.1) is 11.8 Å². The number of cyclic esters (lactones) is 1. The molecule has 0 aliphatic carbocycles. The van der Waals surface area contributed by atoms with Crippen molar-refractivity contribution < 1.29 is 72.4 Å². The summed E-state index contributed by atoms with van der Waals surface area (Å²) >= 11 is 0. The van der Waals surface area contributed by atoms with Crippen LogP contribution in [0.1, 0.15) is 93.4 Å². The lowest BCUT2D eigenvalue weighted by Gasteiger charge is -2.50. The predicted molar refractivity (Wildman–Crippen MR) is 205 cm³/mol. The minimum atomic E-state index is -1.48. The summed E-state index contributed by atoms with van der Waals surface area (Å²) in [5, 5.41) is 33.8. The van der Waals surface area contributed by atoms with Crippen LogP contribution in [0.3, 0.4) is 0 Å². The van der Waals surface area contributed by atoms with Gasteiger partial charge in [-0.1, -0.05) is 45.1 Å². The number of carbonyl (C=O) groups excluding carboxylic acids is 4. The van der Waals surface area contributed by atoms with Crippen LogP contribution >= 0.6 is 0 Å². The number of aliphatic hydroxyl groups is 3. The number of ether oxygens (including phenoxy) is 8. The molecule has 10 unspecified atom stereocenters. The van der Waals surface area contributed by atoms with Crippen molar-refractivity contribution in [3.63, 3.8) is 0 Å². The third-order valence-corrected chi connectivity index (χ3v) is 10.7. The highest BCUT2D eigenvalue weighted by Gasteiger charge is 2.53. The molecule has 0 amide bonds. The van der Waals surface area contributed by atoms with Gasteiger partial charge in [-0.2, -0.15) is 0 Å². The molecule has 0 spiro atoms. The van der Waals surface area contributed by atoms with E-state index in [1.165, 1.54) is 7.11 Å². The molecule has 2 fully saturated rings. The minimum absolute atomic E-state index is 0.000633. The molecule has 0 aromatic rings. The van der Waals surface area contributed by atoms with Crippen molar-refractivity contribution in [1.82, 2.24) is 4.90 Å². The highest BCUT2D eigenvalue weighted by molar-refractivity contribution is 5.72. The van der Waals surface area contributed by atoms with E-state index in [0.29, 0.717) is 6.42 Å². The Morgan fingerprint density at radius 3 is 2.18 bits per heavy atom. The van der Waals surface area contributed by atoms with Gasteiger partial charge >= 0.3 is 17.9 Å². The summed E-state index contributed by atoms with van der Waals surface area (Å²) in [5.41, 5.74) is -1.48. The van der Waals surface area contributed by atoms with Gasteiger partial charge in [0.1, 0.15) is 42.4 Å². The first kappa shape index (κ1) is 48.6. The summed E-state index contributed by atoms with van der Waals surface area (Å²) in [7, 11) is 4.89. The molecule has 3 aliphatic rings. The van der Waals surface area contributed by atoms with E-state index in [1.807, 2.05) is 13.0 Å². The Labute approximate surface area is 337 Å². The van der Waals surface area contributed by atoms with E-state index < -0.39 is 116 Å². The monoisotopic (exact) mass is 813 g/mol. The molecule has 57 heavy (non-hydrogen) atoms. The van der Waals surface area contributed by atoms with E-state index in [0.717, 1.165) is 6.29 Å². The summed E-state index contributed by atoms with van der Waals surface area (Å²) in [6.07, 6.45) is -3.92. The fraction of sp³-hybridized carbons (Fsp3) is 0.805. The van der Waals surface area contributed by atoms with Crippen LogP contribution in [0.25, 0.3) is 0 Å². The Bertz CT molecular complexity index is 1350. The molecule has 0 aromatic heterocycles. The van der Waals surface area contributed by atoms with E-state index in [4.69, 9.17) is 37.9 Å². The summed E-state index contributed by atoms with van der Waals surface area (Å²) in [5.74, 6) is -2.51. The second kappa shape index (κ2) is 22.5. The van der Waals surface area contributed by atoms with Crippen LogP contribution < -0.4 is 0 Å². The lowest BCUT2D eigenvalue weighted by atomic mass is 9.84. The smallest absolute Gasteiger partial charge is 0.309 e. The van der Waals surface area contributed by atoms with E-state index in [1.54, 1.807) is 78.8 Å². The Morgan fingerprint density at radius 2 is 1.58 bits per heavy atom. The van der Waals surface area contributed by atoms with Crippen molar-refractivity contribution in [1.29, 1.82) is 0 Å². The van der Waals surface area contributed by atoms with Gasteiger partial charge in [-0.15, -0.1) is 0 Å².